The number of likely N-dealkylation sites (tertiary alicyclic amines) is 1. The van der Waals surface area contributed by atoms with Crippen molar-refractivity contribution in [3.05, 3.63) is 0 Å². The van der Waals surface area contributed by atoms with Gasteiger partial charge in [-0.3, -0.25) is 14.4 Å². The van der Waals surface area contributed by atoms with Crippen LogP contribution >= 0.6 is 0 Å². The number of nitrogens with zero attached hydrogens (tertiary/aromatic N) is 2. The van der Waals surface area contributed by atoms with Gasteiger partial charge in [-0.1, -0.05) is 0 Å². The minimum Gasteiger partial charge on any atom is -0.354 e. The number of carbonyl (C=O) groups excluding carboxylic acids is 3. The van der Waals surface area contributed by atoms with Crippen LogP contribution in [0.5, 0.6) is 0 Å². The first kappa shape index (κ1) is 13.4. The zero-order chi connectivity index (χ0) is 14.1. The first-order valence-corrected chi connectivity index (χ1v) is 7.53. The first-order chi connectivity index (χ1) is 9.66. The van der Waals surface area contributed by atoms with Crippen LogP contribution in [-0.4, -0.2) is 59.7 Å². The van der Waals surface area contributed by atoms with Crippen LogP contribution in [0.3, 0.4) is 0 Å². The van der Waals surface area contributed by atoms with Crippen molar-refractivity contribution in [2.75, 3.05) is 26.2 Å². The Balaban J connectivity index is 1.68. The predicted molar refractivity (Wildman–Crippen MR) is 71.7 cm³/mol. The van der Waals surface area contributed by atoms with Crippen LogP contribution in [0.4, 0.5) is 0 Å². The maximum atomic E-state index is 12.6. The fourth-order valence-corrected chi connectivity index (χ4v) is 3.06. The molecule has 3 aliphatic rings. The summed E-state index contributed by atoms with van der Waals surface area (Å²) in [6.07, 6.45) is 4.32. The van der Waals surface area contributed by atoms with Crippen molar-refractivity contribution in [1.29, 1.82) is 0 Å². The lowest BCUT2D eigenvalue weighted by Crippen LogP contribution is -2.49. The number of nitrogens with one attached hydrogen (secondary N) is 1. The third kappa shape index (κ3) is 2.64. The third-order valence-corrected chi connectivity index (χ3v) is 4.32. The number of hydrogen-bond acceptors (Lipinski definition) is 3. The highest BCUT2D eigenvalue weighted by Gasteiger charge is 2.42. The Bertz CT molecular complexity index is 433. The molecular formula is C14H21N3O3. The highest BCUT2D eigenvalue weighted by Crippen LogP contribution is 2.34. The monoisotopic (exact) mass is 279 g/mol. The molecule has 3 rings (SSSR count). The molecule has 0 spiro atoms. The summed E-state index contributed by atoms with van der Waals surface area (Å²) in [4.78, 5) is 39.8. The van der Waals surface area contributed by atoms with Crippen molar-refractivity contribution in [2.24, 2.45) is 5.92 Å². The summed E-state index contributed by atoms with van der Waals surface area (Å²) >= 11 is 0. The SMILES string of the molecule is O=C1CN(C(=O)C2CCCN2C(=O)C2CC2)CCCN1. The van der Waals surface area contributed by atoms with Gasteiger partial charge in [0.15, 0.2) is 0 Å². The van der Waals surface area contributed by atoms with E-state index in [1.54, 1.807) is 9.80 Å². The second-order valence-electron chi connectivity index (χ2n) is 5.93. The Kier molecular flexibility index (Phi) is 3.63. The Morgan fingerprint density at radius 2 is 1.85 bits per heavy atom. The molecule has 3 fully saturated rings. The second-order valence-corrected chi connectivity index (χ2v) is 5.93. The van der Waals surface area contributed by atoms with Gasteiger partial charge in [0, 0.05) is 25.6 Å². The van der Waals surface area contributed by atoms with E-state index in [2.05, 4.69) is 5.32 Å². The van der Waals surface area contributed by atoms with E-state index in [1.807, 2.05) is 0 Å². The quantitative estimate of drug-likeness (QED) is 0.757. The van der Waals surface area contributed by atoms with Gasteiger partial charge in [0.05, 0.1) is 6.54 Å². The Hall–Kier alpha value is -1.59. The van der Waals surface area contributed by atoms with Crippen molar-refractivity contribution in [3.8, 4) is 0 Å². The zero-order valence-electron chi connectivity index (χ0n) is 11.6. The predicted octanol–water partition coefficient (Wildman–Crippen LogP) is -0.264. The molecule has 1 aliphatic carbocycles. The van der Waals surface area contributed by atoms with Gasteiger partial charge in [-0.15, -0.1) is 0 Å². The molecule has 110 valence electrons. The van der Waals surface area contributed by atoms with E-state index in [0.717, 1.165) is 32.1 Å². The maximum absolute atomic E-state index is 12.6. The van der Waals surface area contributed by atoms with E-state index in [-0.39, 0.29) is 36.2 Å². The fourth-order valence-electron chi connectivity index (χ4n) is 3.06. The lowest BCUT2D eigenvalue weighted by atomic mass is 10.1. The Labute approximate surface area is 118 Å². The number of amides is 3. The molecule has 0 aromatic carbocycles. The summed E-state index contributed by atoms with van der Waals surface area (Å²) in [6.45, 7) is 2.03. The molecule has 2 heterocycles. The smallest absolute Gasteiger partial charge is 0.245 e. The van der Waals surface area contributed by atoms with Crippen LogP contribution in [0.2, 0.25) is 0 Å². The van der Waals surface area contributed by atoms with Crippen molar-refractivity contribution >= 4 is 17.7 Å². The Morgan fingerprint density at radius 1 is 1.05 bits per heavy atom. The molecule has 3 amide bonds. The van der Waals surface area contributed by atoms with Gasteiger partial charge >= 0.3 is 0 Å². The lowest BCUT2D eigenvalue weighted by Gasteiger charge is -2.29. The normalized spacial score (nSPS) is 27.2. The molecule has 2 saturated heterocycles. The molecule has 20 heavy (non-hydrogen) atoms. The topological polar surface area (TPSA) is 69.7 Å². The van der Waals surface area contributed by atoms with E-state index in [4.69, 9.17) is 0 Å². The van der Waals surface area contributed by atoms with Gasteiger partial charge < -0.3 is 15.1 Å². The summed E-state index contributed by atoms with van der Waals surface area (Å²) in [7, 11) is 0. The zero-order valence-corrected chi connectivity index (χ0v) is 11.6. The van der Waals surface area contributed by atoms with Gasteiger partial charge in [0.25, 0.3) is 0 Å². The summed E-state index contributed by atoms with van der Waals surface area (Å²) in [6, 6.07) is -0.339. The molecule has 6 heteroatoms. The van der Waals surface area contributed by atoms with Gasteiger partial charge in [0.2, 0.25) is 17.7 Å². The third-order valence-electron chi connectivity index (χ3n) is 4.32. The number of hydrogen-bond donors (Lipinski definition) is 1. The van der Waals surface area contributed by atoms with Crippen LogP contribution in [0.15, 0.2) is 0 Å². The van der Waals surface area contributed by atoms with E-state index in [9.17, 15) is 14.4 Å². The molecule has 0 bridgehead atoms. The standard InChI is InChI=1S/C14H21N3O3/c18-12-9-16(7-2-6-15-12)14(20)11-3-1-8-17(11)13(19)10-4-5-10/h10-11H,1-9H2,(H,15,18). The Morgan fingerprint density at radius 3 is 2.60 bits per heavy atom. The molecule has 1 saturated carbocycles. The minimum atomic E-state index is -0.339. The second kappa shape index (κ2) is 5.42. The van der Waals surface area contributed by atoms with Crippen LogP contribution in [0, 0.1) is 5.92 Å². The fraction of sp³-hybridized carbons (Fsp3) is 0.786. The molecule has 6 nitrogen and oxygen atoms in total. The molecular weight excluding hydrogens is 258 g/mol. The van der Waals surface area contributed by atoms with Crippen LogP contribution in [0.1, 0.15) is 32.1 Å². The van der Waals surface area contributed by atoms with Crippen molar-refractivity contribution in [3.63, 3.8) is 0 Å². The van der Waals surface area contributed by atoms with Gasteiger partial charge in [-0.05, 0) is 32.1 Å². The average molecular weight is 279 g/mol. The highest BCUT2D eigenvalue weighted by molar-refractivity contribution is 5.92. The molecule has 1 N–H and O–H groups in total. The summed E-state index contributed by atoms with van der Waals surface area (Å²) in [5.74, 6) is 0.137. The number of carbonyl (C=O) groups is 3. The van der Waals surface area contributed by atoms with Gasteiger partial charge in [0.1, 0.15) is 6.04 Å². The molecule has 0 aromatic rings. The van der Waals surface area contributed by atoms with Crippen molar-refractivity contribution in [2.45, 2.75) is 38.1 Å². The van der Waals surface area contributed by atoms with E-state index < -0.39 is 0 Å². The van der Waals surface area contributed by atoms with E-state index in [1.165, 1.54) is 0 Å². The first-order valence-electron chi connectivity index (χ1n) is 7.53. The molecule has 1 atom stereocenters. The molecule has 0 aromatic heterocycles. The van der Waals surface area contributed by atoms with Gasteiger partial charge in [-0.2, -0.15) is 0 Å². The highest BCUT2D eigenvalue weighted by atomic mass is 16.2. The largest absolute Gasteiger partial charge is 0.354 e. The summed E-state index contributed by atoms with van der Waals surface area (Å²) in [5, 5.41) is 2.77. The molecule has 2 aliphatic heterocycles. The maximum Gasteiger partial charge on any atom is 0.245 e. The lowest BCUT2D eigenvalue weighted by molar-refractivity contribution is -0.145. The molecule has 1 unspecified atom stereocenters. The van der Waals surface area contributed by atoms with Gasteiger partial charge in [-0.25, -0.2) is 0 Å². The molecule has 0 radical (unpaired) electrons. The van der Waals surface area contributed by atoms with Crippen molar-refractivity contribution < 1.29 is 14.4 Å². The average Bonchev–Trinajstić information content (AvgIpc) is 3.20. The van der Waals surface area contributed by atoms with Crippen LogP contribution in [0.25, 0.3) is 0 Å². The number of rotatable bonds is 2. The van der Waals surface area contributed by atoms with Crippen LogP contribution in [-0.2, 0) is 14.4 Å². The summed E-state index contributed by atoms with van der Waals surface area (Å²) < 4.78 is 0. The van der Waals surface area contributed by atoms with E-state index in [0.29, 0.717) is 19.6 Å². The van der Waals surface area contributed by atoms with E-state index >= 15 is 0 Å². The van der Waals surface area contributed by atoms with Crippen molar-refractivity contribution in [1.82, 2.24) is 15.1 Å². The van der Waals surface area contributed by atoms with Crippen LogP contribution < -0.4 is 5.32 Å². The minimum absolute atomic E-state index is 0.0476. The summed E-state index contributed by atoms with van der Waals surface area (Å²) in [5.41, 5.74) is 0.